The Hall–Kier alpha value is 1.10. The van der Waals surface area contributed by atoms with Crippen molar-refractivity contribution in [1.29, 1.82) is 0 Å². The molecule has 14 heavy (non-hydrogen) atoms. The van der Waals surface area contributed by atoms with Crippen LogP contribution in [0.2, 0.25) is 0 Å². The van der Waals surface area contributed by atoms with Crippen molar-refractivity contribution in [3.8, 4) is 0 Å². The summed E-state index contributed by atoms with van der Waals surface area (Å²) in [7, 11) is 0. The minimum atomic E-state index is -0.573. The van der Waals surface area contributed by atoms with Crippen LogP contribution in [-0.2, 0) is 3.23 Å². The molecular formula is C9H8Br4O. The SMILES string of the molecule is OCC(Br)(Br)c1ccccc1C(Br)Br. The molecule has 0 fully saturated rings. The molecule has 0 atom stereocenters. The summed E-state index contributed by atoms with van der Waals surface area (Å²) >= 11 is 13.8. The number of aliphatic hydroxyl groups is 1. The summed E-state index contributed by atoms with van der Waals surface area (Å²) in [4.78, 5) is 0. The van der Waals surface area contributed by atoms with Crippen LogP contribution in [0.3, 0.4) is 0 Å². The highest BCUT2D eigenvalue weighted by Crippen LogP contribution is 2.43. The van der Waals surface area contributed by atoms with Gasteiger partial charge in [0.05, 0.1) is 10.3 Å². The van der Waals surface area contributed by atoms with Gasteiger partial charge in [-0.15, -0.1) is 0 Å². The van der Waals surface area contributed by atoms with Crippen molar-refractivity contribution < 1.29 is 5.11 Å². The summed E-state index contributed by atoms with van der Waals surface area (Å²) < 4.78 is -0.497. The predicted octanol–water partition coefficient (Wildman–Crippen LogP) is 4.41. The van der Waals surface area contributed by atoms with Gasteiger partial charge in [-0.25, -0.2) is 0 Å². The summed E-state index contributed by atoms with van der Waals surface area (Å²) in [6, 6.07) is 7.86. The number of aliphatic hydroxyl groups excluding tert-OH is 1. The highest BCUT2D eigenvalue weighted by Gasteiger charge is 2.28. The lowest BCUT2D eigenvalue weighted by Gasteiger charge is -2.22. The summed E-state index contributed by atoms with van der Waals surface area (Å²) in [5.74, 6) is 0. The summed E-state index contributed by atoms with van der Waals surface area (Å²) in [5, 5.41) is 9.23. The van der Waals surface area contributed by atoms with Crippen LogP contribution >= 0.6 is 63.7 Å². The lowest BCUT2D eigenvalue weighted by molar-refractivity contribution is 0.290. The minimum Gasteiger partial charge on any atom is -0.394 e. The first kappa shape index (κ1) is 13.2. The number of benzene rings is 1. The van der Waals surface area contributed by atoms with Crippen molar-refractivity contribution in [3.63, 3.8) is 0 Å². The molecule has 1 rings (SSSR count). The van der Waals surface area contributed by atoms with Gasteiger partial charge < -0.3 is 5.11 Å². The maximum Gasteiger partial charge on any atom is 0.128 e. The average Bonchev–Trinajstić information content (AvgIpc) is 2.18. The van der Waals surface area contributed by atoms with E-state index in [0.717, 1.165) is 11.1 Å². The van der Waals surface area contributed by atoms with Gasteiger partial charge >= 0.3 is 0 Å². The molecule has 0 aliphatic carbocycles. The van der Waals surface area contributed by atoms with Gasteiger partial charge in [-0.1, -0.05) is 88.0 Å². The monoisotopic (exact) mass is 448 g/mol. The number of hydrogen-bond acceptors (Lipinski definition) is 1. The standard InChI is InChI=1S/C9H8Br4O/c10-8(11)6-3-1-2-4-7(6)9(12,13)5-14/h1-4,8,14H,5H2. The Morgan fingerprint density at radius 3 is 2.29 bits per heavy atom. The van der Waals surface area contributed by atoms with E-state index < -0.39 is 3.23 Å². The quantitative estimate of drug-likeness (QED) is 0.675. The van der Waals surface area contributed by atoms with Crippen molar-refractivity contribution in [2.24, 2.45) is 0 Å². The van der Waals surface area contributed by atoms with E-state index in [-0.39, 0.29) is 10.3 Å². The van der Waals surface area contributed by atoms with E-state index in [1.807, 2.05) is 24.3 Å². The summed E-state index contributed by atoms with van der Waals surface area (Å²) in [6.45, 7) is -0.0171. The maximum absolute atomic E-state index is 9.23. The average molecular weight is 452 g/mol. The van der Waals surface area contributed by atoms with Crippen molar-refractivity contribution in [2.45, 2.75) is 6.97 Å². The second-order valence-corrected chi connectivity index (χ2v) is 9.58. The highest BCUT2D eigenvalue weighted by molar-refractivity contribution is 9.25. The topological polar surface area (TPSA) is 20.2 Å². The van der Waals surface area contributed by atoms with Gasteiger partial charge in [0, 0.05) is 0 Å². The Morgan fingerprint density at radius 1 is 1.21 bits per heavy atom. The Kier molecular flexibility index (Phi) is 5.11. The van der Waals surface area contributed by atoms with Gasteiger partial charge in [0.15, 0.2) is 0 Å². The van der Waals surface area contributed by atoms with Crippen LogP contribution in [0.4, 0.5) is 0 Å². The molecular weight excluding hydrogens is 444 g/mol. The van der Waals surface area contributed by atoms with E-state index in [1.54, 1.807) is 0 Å². The Bertz CT molecular complexity index is 311. The first-order valence-electron chi connectivity index (χ1n) is 3.85. The molecule has 1 N–H and O–H groups in total. The van der Waals surface area contributed by atoms with Crippen molar-refractivity contribution >= 4 is 63.7 Å². The first-order chi connectivity index (χ1) is 6.49. The Labute approximate surface area is 117 Å². The van der Waals surface area contributed by atoms with Crippen LogP contribution in [0.25, 0.3) is 0 Å². The molecule has 0 saturated carbocycles. The molecule has 0 aliphatic rings. The Morgan fingerprint density at radius 2 is 1.79 bits per heavy atom. The van der Waals surface area contributed by atoms with E-state index in [1.165, 1.54) is 0 Å². The molecule has 0 aliphatic heterocycles. The van der Waals surface area contributed by atoms with Gasteiger partial charge in [0.1, 0.15) is 3.23 Å². The van der Waals surface area contributed by atoms with Crippen molar-refractivity contribution in [2.75, 3.05) is 6.61 Å². The van der Waals surface area contributed by atoms with E-state index in [2.05, 4.69) is 63.7 Å². The molecule has 0 spiro atoms. The fraction of sp³-hybridized carbons (Fsp3) is 0.333. The summed E-state index contributed by atoms with van der Waals surface area (Å²) in [5.41, 5.74) is 2.08. The van der Waals surface area contributed by atoms with Crippen LogP contribution in [0.15, 0.2) is 24.3 Å². The van der Waals surface area contributed by atoms with E-state index in [4.69, 9.17) is 0 Å². The smallest absolute Gasteiger partial charge is 0.128 e. The molecule has 78 valence electrons. The van der Waals surface area contributed by atoms with E-state index >= 15 is 0 Å². The maximum atomic E-state index is 9.23. The molecule has 0 aromatic heterocycles. The third-order valence-corrected chi connectivity index (χ3v) is 4.13. The van der Waals surface area contributed by atoms with Gasteiger partial charge in [-0.05, 0) is 11.1 Å². The van der Waals surface area contributed by atoms with Gasteiger partial charge in [0.2, 0.25) is 0 Å². The second-order valence-electron chi connectivity index (χ2n) is 2.75. The molecule has 1 aromatic carbocycles. The van der Waals surface area contributed by atoms with Crippen LogP contribution in [0.5, 0.6) is 0 Å². The zero-order chi connectivity index (χ0) is 10.8. The number of hydrogen-bond donors (Lipinski definition) is 1. The van der Waals surface area contributed by atoms with E-state index in [9.17, 15) is 5.11 Å². The molecule has 0 saturated heterocycles. The van der Waals surface area contributed by atoms with Gasteiger partial charge in [-0.3, -0.25) is 0 Å². The van der Waals surface area contributed by atoms with Gasteiger partial charge in [0.25, 0.3) is 0 Å². The fourth-order valence-electron chi connectivity index (χ4n) is 1.11. The van der Waals surface area contributed by atoms with E-state index in [0.29, 0.717) is 0 Å². The number of halogens is 4. The van der Waals surface area contributed by atoms with Crippen molar-refractivity contribution in [3.05, 3.63) is 35.4 Å². The zero-order valence-corrected chi connectivity index (χ0v) is 13.4. The van der Waals surface area contributed by atoms with Crippen LogP contribution in [-0.4, -0.2) is 11.7 Å². The third kappa shape index (κ3) is 3.04. The first-order valence-corrected chi connectivity index (χ1v) is 7.27. The Balaban J connectivity index is 3.20. The van der Waals surface area contributed by atoms with Gasteiger partial charge in [-0.2, -0.15) is 0 Å². The second kappa shape index (κ2) is 5.43. The molecule has 0 bridgehead atoms. The van der Waals surface area contributed by atoms with Crippen LogP contribution in [0.1, 0.15) is 14.9 Å². The number of rotatable bonds is 3. The molecule has 1 nitrogen and oxygen atoms in total. The van der Waals surface area contributed by atoms with Crippen LogP contribution in [0, 0.1) is 0 Å². The molecule has 0 unspecified atom stereocenters. The predicted molar refractivity (Wildman–Crippen MR) is 73.7 cm³/mol. The minimum absolute atomic E-state index is 0.0171. The summed E-state index contributed by atoms with van der Waals surface area (Å²) in [6.07, 6.45) is 0. The lowest BCUT2D eigenvalue weighted by Crippen LogP contribution is -2.16. The van der Waals surface area contributed by atoms with Crippen molar-refractivity contribution in [1.82, 2.24) is 0 Å². The fourth-order valence-corrected chi connectivity index (χ4v) is 2.63. The third-order valence-electron chi connectivity index (χ3n) is 1.79. The molecule has 5 heteroatoms. The van der Waals surface area contributed by atoms with Crippen LogP contribution < -0.4 is 0 Å². The normalized spacial score (nSPS) is 12.1. The molecule has 0 radical (unpaired) electrons. The zero-order valence-electron chi connectivity index (χ0n) is 7.05. The molecule has 1 aromatic rings. The molecule has 0 heterocycles. The highest BCUT2D eigenvalue weighted by atomic mass is 79.9. The lowest BCUT2D eigenvalue weighted by atomic mass is 10.1. The molecule has 0 amide bonds. The largest absolute Gasteiger partial charge is 0.394 e. The number of alkyl halides is 4.